The number of rotatable bonds is 3. The molecule has 0 aliphatic carbocycles. The van der Waals surface area contributed by atoms with Crippen molar-refractivity contribution in [3.63, 3.8) is 0 Å². The summed E-state index contributed by atoms with van der Waals surface area (Å²) in [5.41, 5.74) is -0.193. The Hall–Kier alpha value is -1.10. The minimum absolute atomic E-state index is 0.124. The second-order valence-electron chi connectivity index (χ2n) is 4.75. The van der Waals surface area contributed by atoms with Gasteiger partial charge in [-0.05, 0) is 27.7 Å². The molecule has 1 heterocycles. The maximum atomic E-state index is 11.4. The Labute approximate surface area is 100 Å². The summed E-state index contributed by atoms with van der Waals surface area (Å²) in [5.74, 6) is 0. The second kappa shape index (κ2) is 5.30. The maximum Gasteiger partial charge on any atom is 0.315 e. The molecule has 16 heavy (non-hydrogen) atoms. The number of urea groups is 1. The van der Waals surface area contributed by atoms with Crippen LogP contribution in [0.5, 0.6) is 0 Å². The zero-order valence-electron chi connectivity index (χ0n) is 10.3. The quantitative estimate of drug-likeness (QED) is 0.851. The lowest BCUT2D eigenvalue weighted by Crippen LogP contribution is -2.46. The summed E-state index contributed by atoms with van der Waals surface area (Å²) in [6.45, 7) is 8.51. The third-order valence-corrected chi connectivity index (χ3v) is 2.75. The van der Waals surface area contributed by atoms with Crippen LogP contribution in [0.3, 0.4) is 0 Å². The fraction of sp³-hybridized carbons (Fsp3) is 0.636. The minimum Gasteiger partial charge on any atom is -0.338 e. The first-order valence-electron chi connectivity index (χ1n) is 5.34. The van der Waals surface area contributed by atoms with Crippen LogP contribution in [0.4, 0.5) is 4.79 Å². The Morgan fingerprint density at radius 2 is 2.19 bits per heavy atom. The zero-order valence-corrected chi connectivity index (χ0v) is 11.1. The number of nitrogens with one attached hydrogen (secondary N) is 2. The first-order valence-corrected chi connectivity index (χ1v) is 6.16. The molecule has 1 aromatic heterocycles. The third kappa shape index (κ3) is 5.11. The van der Waals surface area contributed by atoms with E-state index < -0.39 is 0 Å². The molecular weight excluding hydrogens is 222 g/mol. The number of amides is 2. The summed E-state index contributed by atoms with van der Waals surface area (Å²) in [4.78, 5) is 16.9. The highest BCUT2D eigenvalue weighted by atomic mass is 32.1. The summed E-state index contributed by atoms with van der Waals surface area (Å²) < 4.78 is 0. The molecule has 2 N–H and O–H groups in total. The van der Waals surface area contributed by atoms with Crippen molar-refractivity contribution in [2.75, 3.05) is 6.54 Å². The van der Waals surface area contributed by atoms with Crippen LogP contribution in [0.15, 0.2) is 6.20 Å². The van der Waals surface area contributed by atoms with E-state index >= 15 is 0 Å². The van der Waals surface area contributed by atoms with E-state index in [1.165, 1.54) is 4.88 Å². The van der Waals surface area contributed by atoms with Crippen molar-refractivity contribution < 1.29 is 4.79 Å². The van der Waals surface area contributed by atoms with Gasteiger partial charge in [0, 0.05) is 29.6 Å². The summed E-state index contributed by atoms with van der Waals surface area (Å²) in [5, 5.41) is 6.72. The number of thiazole rings is 1. The number of aryl methyl sites for hydroxylation is 1. The van der Waals surface area contributed by atoms with Crippen LogP contribution in [-0.2, 0) is 6.42 Å². The molecule has 2 amide bonds. The summed E-state index contributed by atoms with van der Waals surface area (Å²) in [6, 6.07) is -0.124. The molecule has 0 bridgehead atoms. The van der Waals surface area contributed by atoms with Gasteiger partial charge in [0.05, 0.1) is 5.01 Å². The highest BCUT2D eigenvalue weighted by molar-refractivity contribution is 7.11. The first-order chi connectivity index (χ1) is 7.37. The van der Waals surface area contributed by atoms with Crippen LogP contribution in [0.1, 0.15) is 30.7 Å². The molecule has 0 atom stereocenters. The van der Waals surface area contributed by atoms with Crippen LogP contribution >= 0.6 is 11.3 Å². The van der Waals surface area contributed by atoms with E-state index in [-0.39, 0.29) is 11.6 Å². The predicted octanol–water partition coefficient (Wildman–Crippen LogP) is 2.09. The van der Waals surface area contributed by atoms with Gasteiger partial charge in [-0.2, -0.15) is 0 Å². The van der Waals surface area contributed by atoms with E-state index in [2.05, 4.69) is 15.6 Å². The van der Waals surface area contributed by atoms with Crippen molar-refractivity contribution in [3.05, 3.63) is 16.1 Å². The van der Waals surface area contributed by atoms with E-state index in [1.807, 2.05) is 33.9 Å². The molecule has 0 aliphatic heterocycles. The van der Waals surface area contributed by atoms with Crippen molar-refractivity contribution in [1.29, 1.82) is 0 Å². The molecule has 0 saturated carbocycles. The number of hydrogen-bond donors (Lipinski definition) is 2. The second-order valence-corrected chi connectivity index (χ2v) is 6.06. The Balaban J connectivity index is 2.23. The summed E-state index contributed by atoms with van der Waals surface area (Å²) in [7, 11) is 0. The van der Waals surface area contributed by atoms with E-state index in [0.29, 0.717) is 6.54 Å². The number of carbonyl (C=O) groups excluding carboxylic acids is 1. The lowest BCUT2D eigenvalue weighted by Gasteiger charge is -2.20. The third-order valence-electron chi connectivity index (χ3n) is 1.78. The number of nitrogens with zero attached hydrogens (tertiary/aromatic N) is 1. The van der Waals surface area contributed by atoms with Gasteiger partial charge in [0.1, 0.15) is 0 Å². The molecule has 0 unspecified atom stereocenters. The Morgan fingerprint density at radius 3 is 2.69 bits per heavy atom. The van der Waals surface area contributed by atoms with Crippen LogP contribution in [0.25, 0.3) is 0 Å². The van der Waals surface area contributed by atoms with Gasteiger partial charge in [0.2, 0.25) is 0 Å². The molecule has 0 fully saturated rings. The standard InChI is InChI=1S/C11H19N3OS/c1-8-7-13-9(16-8)5-6-12-10(15)14-11(2,3)4/h7H,5-6H2,1-4H3,(H2,12,14,15). The minimum atomic E-state index is -0.193. The molecule has 0 aromatic carbocycles. The predicted molar refractivity (Wildman–Crippen MR) is 66.8 cm³/mol. The van der Waals surface area contributed by atoms with Gasteiger partial charge in [-0.3, -0.25) is 0 Å². The Bertz CT molecular complexity index is 354. The van der Waals surface area contributed by atoms with Crippen LogP contribution in [0.2, 0.25) is 0 Å². The van der Waals surface area contributed by atoms with Crippen LogP contribution in [-0.4, -0.2) is 23.1 Å². The fourth-order valence-electron chi connectivity index (χ4n) is 1.18. The maximum absolute atomic E-state index is 11.4. The SMILES string of the molecule is Cc1cnc(CCNC(=O)NC(C)(C)C)s1. The van der Waals surface area contributed by atoms with Gasteiger partial charge < -0.3 is 10.6 Å². The van der Waals surface area contributed by atoms with E-state index in [4.69, 9.17) is 0 Å². The van der Waals surface area contributed by atoms with Gasteiger partial charge in [0.25, 0.3) is 0 Å². The van der Waals surface area contributed by atoms with Gasteiger partial charge in [-0.25, -0.2) is 9.78 Å². The lowest BCUT2D eigenvalue weighted by molar-refractivity contribution is 0.232. The van der Waals surface area contributed by atoms with Crippen molar-refractivity contribution in [2.45, 2.75) is 39.7 Å². The number of carbonyl (C=O) groups is 1. The average molecular weight is 241 g/mol. The van der Waals surface area contributed by atoms with Crippen molar-refractivity contribution in [3.8, 4) is 0 Å². The zero-order chi connectivity index (χ0) is 12.2. The van der Waals surface area contributed by atoms with Crippen LogP contribution in [0, 0.1) is 6.92 Å². The summed E-state index contributed by atoms with van der Waals surface area (Å²) in [6.07, 6.45) is 2.64. The van der Waals surface area contributed by atoms with Gasteiger partial charge in [-0.1, -0.05) is 0 Å². The average Bonchev–Trinajstić information content (AvgIpc) is 2.48. The molecule has 90 valence electrons. The van der Waals surface area contributed by atoms with Crippen molar-refractivity contribution >= 4 is 17.4 Å². The molecular formula is C11H19N3OS. The van der Waals surface area contributed by atoms with E-state index in [0.717, 1.165) is 11.4 Å². The molecule has 1 rings (SSSR count). The molecule has 0 aliphatic rings. The molecule has 4 nitrogen and oxygen atoms in total. The van der Waals surface area contributed by atoms with Gasteiger partial charge >= 0.3 is 6.03 Å². The molecule has 0 saturated heterocycles. The number of hydrogen-bond acceptors (Lipinski definition) is 3. The van der Waals surface area contributed by atoms with Crippen molar-refractivity contribution in [1.82, 2.24) is 15.6 Å². The van der Waals surface area contributed by atoms with Gasteiger partial charge in [0.15, 0.2) is 0 Å². The largest absolute Gasteiger partial charge is 0.338 e. The molecule has 0 spiro atoms. The monoisotopic (exact) mass is 241 g/mol. The smallest absolute Gasteiger partial charge is 0.315 e. The van der Waals surface area contributed by atoms with Crippen LogP contribution < -0.4 is 10.6 Å². The van der Waals surface area contributed by atoms with E-state index in [9.17, 15) is 4.79 Å². The molecule has 5 heteroatoms. The van der Waals surface area contributed by atoms with Crippen molar-refractivity contribution in [2.24, 2.45) is 0 Å². The Kier molecular flexibility index (Phi) is 4.29. The number of aromatic nitrogens is 1. The highest BCUT2D eigenvalue weighted by Crippen LogP contribution is 2.10. The molecule has 0 radical (unpaired) electrons. The van der Waals surface area contributed by atoms with Gasteiger partial charge in [-0.15, -0.1) is 11.3 Å². The normalized spacial score (nSPS) is 11.2. The lowest BCUT2D eigenvalue weighted by atomic mass is 10.1. The molecule has 1 aromatic rings. The highest BCUT2D eigenvalue weighted by Gasteiger charge is 2.12. The fourth-order valence-corrected chi connectivity index (χ4v) is 1.97. The topological polar surface area (TPSA) is 54.0 Å². The summed E-state index contributed by atoms with van der Waals surface area (Å²) >= 11 is 1.67. The first kappa shape index (κ1) is 13.0. The van der Waals surface area contributed by atoms with E-state index in [1.54, 1.807) is 11.3 Å². The Morgan fingerprint density at radius 1 is 1.50 bits per heavy atom.